The third kappa shape index (κ3) is 2.67. The monoisotopic (exact) mass is 265 g/mol. The molecular weight excluding hydrogens is 238 g/mol. The molecule has 1 aliphatic heterocycles. The van der Waals surface area contributed by atoms with Gasteiger partial charge in [-0.2, -0.15) is 0 Å². The van der Waals surface area contributed by atoms with Crippen LogP contribution in [0.4, 0.5) is 0 Å². The van der Waals surface area contributed by atoms with Crippen LogP contribution in [0.25, 0.3) is 0 Å². The SMILES string of the molecule is O=C(O)C1CCCCC1N1CCCC1C1CCCC1. The minimum Gasteiger partial charge on any atom is -0.481 e. The summed E-state index contributed by atoms with van der Waals surface area (Å²) < 4.78 is 0. The minimum absolute atomic E-state index is 0.101. The molecule has 0 bridgehead atoms. The number of aliphatic carboxylic acids is 1. The van der Waals surface area contributed by atoms with Crippen LogP contribution in [0.2, 0.25) is 0 Å². The van der Waals surface area contributed by atoms with E-state index in [1.807, 2.05) is 0 Å². The van der Waals surface area contributed by atoms with E-state index in [1.165, 1.54) is 44.9 Å². The second-order valence-electron chi connectivity index (χ2n) is 6.79. The Labute approximate surface area is 116 Å². The van der Waals surface area contributed by atoms with Gasteiger partial charge in [0.2, 0.25) is 0 Å². The van der Waals surface area contributed by atoms with E-state index in [2.05, 4.69) is 4.90 Å². The Bertz CT molecular complexity index is 325. The first-order valence-electron chi connectivity index (χ1n) is 8.26. The van der Waals surface area contributed by atoms with E-state index in [0.717, 1.165) is 31.7 Å². The lowest BCUT2D eigenvalue weighted by Crippen LogP contribution is -2.49. The molecule has 3 nitrogen and oxygen atoms in total. The highest BCUT2D eigenvalue weighted by Crippen LogP contribution is 2.40. The van der Waals surface area contributed by atoms with Crippen molar-refractivity contribution in [2.24, 2.45) is 11.8 Å². The minimum atomic E-state index is -0.554. The van der Waals surface area contributed by atoms with Gasteiger partial charge in [-0.3, -0.25) is 9.69 Å². The highest BCUT2D eigenvalue weighted by molar-refractivity contribution is 5.71. The van der Waals surface area contributed by atoms with Crippen LogP contribution in [0.5, 0.6) is 0 Å². The maximum atomic E-state index is 11.5. The van der Waals surface area contributed by atoms with E-state index < -0.39 is 5.97 Å². The van der Waals surface area contributed by atoms with Gasteiger partial charge in [0.1, 0.15) is 0 Å². The second-order valence-corrected chi connectivity index (χ2v) is 6.79. The zero-order valence-electron chi connectivity index (χ0n) is 11.9. The summed E-state index contributed by atoms with van der Waals surface area (Å²) in [7, 11) is 0. The van der Waals surface area contributed by atoms with Gasteiger partial charge < -0.3 is 5.11 Å². The van der Waals surface area contributed by atoms with E-state index in [0.29, 0.717) is 12.1 Å². The van der Waals surface area contributed by atoms with Crippen molar-refractivity contribution in [2.45, 2.75) is 76.3 Å². The standard InChI is InChI=1S/C16H27NO2/c18-16(19)13-8-3-4-9-15(13)17-11-5-10-14(17)12-6-1-2-7-12/h12-15H,1-11H2,(H,18,19). The molecule has 2 saturated carbocycles. The number of carbonyl (C=O) groups is 1. The highest BCUT2D eigenvalue weighted by Gasteiger charge is 2.42. The van der Waals surface area contributed by atoms with Gasteiger partial charge in [0.05, 0.1) is 5.92 Å². The molecule has 3 unspecified atom stereocenters. The lowest BCUT2D eigenvalue weighted by molar-refractivity contribution is -0.146. The van der Waals surface area contributed by atoms with E-state index in [9.17, 15) is 9.90 Å². The van der Waals surface area contributed by atoms with Crippen molar-refractivity contribution < 1.29 is 9.90 Å². The van der Waals surface area contributed by atoms with Gasteiger partial charge in [-0.05, 0) is 51.0 Å². The van der Waals surface area contributed by atoms with Crippen LogP contribution < -0.4 is 0 Å². The smallest absolute Gasteiger partial charge is 0.308 e. The zero-order chi connectivity index (χ0) is 13.2. The molecular formula is C16H27NO2. The summed E-state index contributed by atoms with van der Waals surface area (Å²) in [5.74, 6) is 0.205. The first-order valence-corrected chi connectivity index (χ1v) is 8.26. The van der Waals surface area contributed by atoms with Gasteiger partial charge in [-0.15, -0.1) is 0 Å². The number of hydrogen-bond donors (Lipinski definition) is 1. The maximum absolute atomic E-state index is 11.5. The first kappa shape index (κ1) is 13.4. The maximum Gasteiger partial charge on any atom is 0.308 e. The van der Waals surface area contributed by atoms with Gasteiger partial charge in [0, 0.05) is 12.1 Å². The Balaban J connectivity index is 1.72. The summed E-state index contributed by atoms with van der Waals surface area (Å²) in [6.07, 6.45) is 12.5. The van der Waals surface area contributed by atoms with Gasteiger partial charge >= 0.3 is 5.97 Å². The highest BCUT2D eigenvalue weighted by atomic mass is 16.4. The number of carboxylic acid groups (broad SMARTS) is 1. The van der Waals surface area contributed by atoms with Crippen LogP contribution >= 0.6 is 0 Å². The molecule has 0 aromatic rings. The largest absolute Gasteiger partial charge is 0.481 e. The molecule has 3 atom stereocenters. The Kier molecular flexibility index (Phi) is 4.11. The fourth-order valence-corrected chi connectivity index (χ4v) is 4.87. The van der Waals surface area contributed by atoms with Crippen molar-refractivity contribution in [3.05, 3.63) is 0 Å². The summed E-state index contributed by atoms with van der Waals surface area (Å²) in [4.78, 5) is 14.1. The normalized spacial score (nSPS) is 37.8. The molecule has 0 aromatic carbocycles. The van der Waals surface area contributed by atoms with Crippen LogP contribution in [0.1, 0.15) is 64.2 Å². The molecule has 1 heterocycles. The van der Waals surface area contributed by atoms with Crippen LogP contribution in [-0.2, 0) is 4.79 Å². The first-order chi connectivity index (χ1) is 9.27. The predicted molar refractivity (Wildman–Crippen MR) is 75.1 cm³/mol. The van der Waals surface area contributed by atoms with Crippen molar-refractivity contribution in [2.75, 3.05) is 6.54 Å². The molecule has 0 amide bonds. The van der Waals surface area contributed by atoms with Crippen LogP contribution in [0, 0.1) is 11.8 Å². The fourth-order valence-electron chi connectivity index (χ4n) is 4.87. The lowest BCUT2D eigenvalue weighted by Gasteiger charge is -2.41. The Morgan fingerprint density at radius 2 is 1.47 bits per heavy atom. The molecule has 1 N–H and O–H groups in total. The molecule has 0 aromatic heterocycles. The number of nitrogens with zero attached hydrogens (tertiary/aromatic N) is 1. The molecule has 3 rings (SSSR count). The van der Waals surface area contributed by atoms with Crippen molar-refractivity contribution in [3.8, 4) is 0 Å². The number of carboxylic acids is 1. The van der Waals surface area contributed by atoms with Gasteiger partial charge in [0.25, 0.3) is 0 Å². The molecule has 19 heavy (non-hydrogen) atoms. The fraction of sp³-hybridized carbons (Fsp3) is 0.938. The molecule has 0 radical (unpaired) electrons. The van der Waals surface area contributed by atoms with Crippen molar-refractivity contribution in [3.63, 3.8) is 0 Å². The average Bonchev–Trinajstić information content (AvgIpc) is 3.09. The average molecular weight is 265 g/mol. The number of likely N-dealkylation sites (tertiary alicyclic amines) is 1. The Morgan fingerprint density at radius 1 is 0.842 bits per heavy atom. The topological polar surface area (TPSA) is 40.5 Å². The molecule has 3 heteroatoms. The zero-order valence-corrected chi connectivity index (χ0v) is 11.9. The summed E-state index contributed by atoms with van der Waals surface area (Å²) in [5, 5.41) is 9.49. The molecule has 3 aliphatic rings. The lowest BCUT2D eigenvalue weighted by atomic mass is 9.82. The molecule has 108 valence electrons. The predicted octanol–water partition coefficient (Wildman–Crippen LogP) is 3.28. The van der Waals surface area contributed by atoms with Crippen LogP contribution in [0.3, 0.4) is 0 Å². The van der Waals surface area contributed by atoms with Crippen molar-refractivity contribution >= 4 is 5.97 Å². The molecule has 0 spiro atoms. The second kappa shape index (κ2) is 5.82. The number of hydrogen-bond acceptors (Lipinski definition) is 2. The van der Waals surface area contributed by atoms with Gasteiger partial charge in [0.15, 0.2) is 0 Å². The van der Waals surface area contributed by atoms with E-state index >= 15 is 0 Å². The van der Waals surface area contributed by atoms with Crippen LogP contribution in [0.15, 0.2) is 0 Å². The summed E-state index contributed by atoms with van der Waals surface area (Å²) in [5.41, 5.74) is 0. The summed E-state index contributed by atoms with van der Waals surface area (Å²) in [6.45, 7) is 1.15. The summed E-state index contributed by atoms with van der Waals surface area (Å²) >= 11 is 0. The van der Waals surface area contributed by atoms with E-state index in [4.69, 9.17) is 0 Å². The molecule has 2 aliphatic carbocycles. The van der Waals surface area contributed by atoms with E-state index in [1.54, 1.807) is 0 Å². The Hall–Kier alpha value is -0.570. The quantitative estimate of drug-likeness (QED) is 0.851. The van der Waals surface area contributed by atoms with Crippen molar-refractivity contribution in [1.29, 1.82) is 0 Å². The molecule has 3 fully saturated rings. The summed E-state index contributed by atoms with van der Waals surface area (Å²) in [6, 6.07) is 1.03. The van der Waals surface area contributed by atoms with E-state index in [-0.39, 0.29) is 5.92 Å². The van der Waals surface area contributed by atoms with Crippen LogP contribution in [-0.4, -0.2) is 34.6 Å². The third-order valence-electron chi connectivity index (χ3n) is 5.76. The molecule has 1 saturated heterocycles. The van der Waals surface area contributed by atoms with Gasteiger partial charge in [-0.25, -0.2) is 0 Å². The van der Waals surface area contributed by atoms with Gasteiger partial charge in [-0.1, -0.05) is 25.7 Å². The number of rotatable bonds is 3. The third-order valence-corrected chi connectivity index (χ3v) is 5.76. The Morgan fingerprint density at radius 3 is 2.21 bits per heavy atom. The van der Waals surface area contributed by atoms with Crippen molar-refractivity contribution in [1.82, 2.24) is 4.90 Å².